The number of carboxylic acids is 1. The fourth-order valence-corrected chi connectivity index (χ4v) is 3.27. The molecule has 1 saturated heterocycles. The van der Waals surface area contributed by atoms with Crippen molar-refractivity contribution in [2.45, 2.75) is 38.1 Å². The number of nitrogens with zero attached hydrogens (tertiary/aromatic N) is 2. The summed E-state index contributed by atoms with van der Waals surface area (Å²) in [6.07, 6.45) is 3.53. The van der Waals surface area contributed by atoms with E-state index in [1.807, 2.05) is 11.0 Å². The molecule has 21 heavy (non-hydrogen) atoms. The van der Waals surface area contributed by atoms with Gasteiger partial charge in [-0.15, -0.1) is 0 Å². The first-order chi connectivity index (χ1) is 9.99. The Kier molecular flexibility index (Phi) is 5.38. The molecule has 1 atom stereocenters. The Morgan fingerprint density at radius 2 is 2.24 bits per heavy atom. The number of nitro benzene ring substituents is 1. The highest BCUT2D eigenvalue weighted by Crippen LogP contribution is 2.35. The normalized spacial score (nSPS) is 18.5. The number of aliphatic carboxylic acids is 1. The molecule has 1 aromatic rings. The Morgan fingerprint density at radius 1 is 1.48 bits per heavy atom. The number of hydrogen-bond acceptors (Lipinski definition) is 4. The average Bonchev–Trinajstić information content (AvgIpc) is 2.45. The smallest absolute Gasteiger partial charge is 0.303 e. The van der Waals surface area contributed by atoms with Gasteiger partial charge in [0.2, 0.25) is 0 Å². The fourth-order valence-electron chi connectivity index (χ4n) is 2.79. The predicted molar refractivity (Wildman–Crippen MR) is 87.7 cm³/mol. The summed E-state index contributed by atoms with van der Waals surface area (Å²) in [7, 11) is 0. The second kappa shape index (κ2) is 7.06. The van der Waals surface area contributed by atoms with Crippen molar-refractivity contribution in [1.82, 2.24) is 0 Å². The summed E-state index contributed by atoms with van der Waals surface area (Å²) in [5.74, 6) is -0.822. The number of anilines is 1. The van der Waals surface area contributed by atoms with Crippen LogP contribution in [0.3, 0.4) is 0 Å². The first kappa shape index (κ1) is 16.0. The number of piperidine rings is 1. The van der Waals surface area contributed by atoms with Gasteiger partial charge < -0.3 is 10.0 Å². The highest BCUT2D eigenvalue weighted by Gasteiger charge is 2.28. The fraction of sp³-hybridized carbons (Fsp3) is 0.500. The van der Waals surface area contributed by atoms with Crippen molar-refractivity contribution in [1.29, 1.82) is 0 Å². The first-order valence-electron chi connectivity index (χ1n) is 6.91. The molecule has 1 heterocycles. The molecule has 114 valence electrons. The number of halogens is 1. The highest BCUT2D eigenvalue weighted by atomic mass is 127. The van der Waals surface area contributed by atoms with Crippen molar-refractivity contribution in [2.24, 2.45) is 0 Å². The highest BCUT2D eigenvalue weighted by molar-refractivity contribution is 14.1. The van der Waals surface area contributed by atoms with Gasteiger partial charge in [0.05, 0.1) is 4.92 Å². The van der Waals surface area contributed by atoms with E-state index in [0.717, 1.165) is 29.4 Å². The molecule has 0 aromatic heterocycles. The molecule has 1 aromatic carbocycles. The van der Waals surface area contributed by atoms with Crippen LogP contribution >= 0.6 is 22.6 Å². The standard InChI is InChI=1S/C14H17IN2O4/c15-10-4-6-12(13(9-10)17(20)21)16-8-2-1-3-11(16)5-7-14(18)19/h4,6,9,11H,1-3,5,7-8H2,(H,18,19). The van der Waals surface area contributed by atoms with Crippen LogP contribution < -0.4 is 4.90 Å². The van der Waals surface area contributed by atoms with E-state index >= 15 is 0 Å². The van der Waals surface area contributed by atoms with Gasteiger partial charge in [0.25, 0.3) is 5.69 Å². The molecule has 2 rings (SSSR count). The van der Waals surface area contributed by atoms with Crippen LogP contribution in [-0.4, -0.2) is 28.6 Å². The quantitative estimate of drug-likeness (QED) is 0.462. The van der Waals surface area contributed by atoms with Crippen molar-refractivity contribution in [3.8, 4) is 0 Å². The minimum atomic E-state index is -0.822. The van der Waals surface area contributed by atoms with E-state index in [1.165, 1.54) is 0 Å². The van der Waals surface area contributed by atoms with Crippen LogP contribution in [0, 0.1) is 13.7 Å². The van der Waals surface area contributed by atoms with E-state index < -0.39 is 5.97 Å². The van der Waals surface area contributed by atoms with Gasteiger partial charge in [-0.25, -0.2) is 0 Å². The zero-order valence-corrected chi connectivity index (χ0v) is 13.7. The van der Waals surface area contributed by atoms with Gasteiger partial charge in [0.15, 0.2) is 0 Å². The lowest BCUT2D eigenvalue weighted by atomic mass is 9.97. The summed E-state index contributed by atoms with van der Waals surface area (Å²) in [5, 5.41) is 20.1. The minimum absolute atomic E-state index is 0.0635. The van der Waals surface area contributed by atoms with Gasteiger partial charge in [0, 0.05) is 28.6 Å². The molecular weight excluding hydrogens is 387 g/mol. The van der Waals surface area contributed by atoms with E-state index in [-0.39, 0.29) is 23.1 Å². The Morgan fingerprint density at radius 3 is 2.90 bits per heavy atom. The van der Waals surface area contributed by atoms with Gasteiger partial charge in [-0.05, 0) is 60.4 Å². The zero-order chi connectivity index (χ0) is 15.4. The molecule has 0 radical (unpaired) electrons. The molecule has 0 aliphatic carbocycles. The largest absolute Gasteiger partial charge is 0.481 e. The van der Waals surface area contributed by atoms with Crippen LogP contribution in [0.4, 0.5) is 11.4 Å². The summed E-state index contributed by atoms with van der Waals surface area (Å²) in [4.78, 5) is 23.7. The van der Waals surface area contributed by atoms with Crippen LogP contribution in [0.25, 0.3) is 0 Å². The van der Waals surface area contributed by atoms with E-state index in [0.29, 0.717) is 12.1 Å². The Balaban J connectivity index is 2.28. The Bertz CT molecular complexity index is 550. The first-order valence-corrected chi connectivity index (χ1v) is 7.99. The SMILES string of the molecule is O=C(O)CCC1CCCCN1c1ccc(I)cc1[N+](=O)[O-]. The number of carbonyl (C=O) groups is 1. The van der Waals surface area contributed by atoms with Gasteiger partial charge in [-0.2, -0.15) is 0 Å². The average molecular weight is 404 g/mol. The lowest BCUT2D eigenvalue weighted by Crippen LogP contribution is -2.40. The maximum atomic E-state index is 11.3. The van der Waals surface area contributed by atoms with Crippen molar-refractivity contribution < 1.29 is 14.8 Å². The van der Waals surface area contributed by atoms with Gasteiger partial charge in [-0.1, -0.05) is 0 Å². The number of hydrogen-bond donors (Lipinski definition) is 1. The van der Waals surface area contributed by atoms with Gasteiger partial charge >= 0.3 is 5.97 Å². The number of benzene rings is 1. The topological polar surface area (TPSA) is 83.7 Å². The molecule has 1 aliphatic rings. The van der Waals surface area contributed by atoms with Crippen molar-refractivity contribution in [3.05, 3.63) is 31.9 Å². The second-order valence-electron chi connectivity index (χ2n) is 5.17. The summed E-state index contributed by atoms with van der Waals surface area (Å²) < 4.78 is 0.821. The summed E-state index contributed by atoms with van der Waals surface area (Å²) in [6.45, 7) is 0.742. The van der Waals surface area contributed by atoms with E-state index in [4.69, 9.17) is 5.11 Å². The van der Waals surface area contributed by atoms with Crippen molar-refractivity contribution >= 4 is 39.9 Å². The molecule has 0 saturated carbocycles. The second-order valence-corrected chi connectivity index (χ2v) is 6.41. The molecule has 0 bridgehead atoms. The molecule has 7 heteroatoms. The molecule has 1 N–H and O–H groups in total. The van der Waals surface area contributed by atoms with Crippen LogP contribution in [0.1, 0.15) is 32.1 Å². The molecule has 6 nitrogen and oxygen atoms in total. The molecule has 1 fully saturated rings. The molecule has 1 aliphatic heterocycles. The lowest BCUT2D eigenvalue weighted by Gasteiger charge is -2.37. The van der Waals surface area contributed by atoms with Crippen LogP contribution in [-0.2, 0) is 4.79 Å². The third-order valence-corrected chi connectivity index (χ3v) is 4.43. The van der Waals surface area contributed by atoms with Crippen LogP contribution in [0.5, 0.6) is 0 Å². The van der Waals surface area contributed by atoms with E-state index in [9.17, 15) is 14.9 Å². The van der Waals surface area contributed by atoms with E-state index in [1.54, 1.807) is 12.1 Å². The Labute approximate surface area is 136 Å². The minimum Gasteiger partial charge on any atom is -0.481 e. The van der Waals surface area contributed by atoms with Crippen LogP contribution in [0.2, 0.25) is 0 Å². The maximum absolute atomic E-state index is 11.3. The number of rotatable bonds is 5. The third kappa shape index (κ3) is 4.05. The maximum Gasteiger partial charge on any atom is 0.303 e. The molecule has 0 amide bonds. The third-order valence-electron chi connectivity index (χ3n) is 3.76. The number of nitro groups is 1. The molecule has 0 spiro atoms. The lowest BCUT2D eigenvalue weighted by molar-refractivity contribution is -0.384. The van der Waals surface area contributed by atoms with Gasteiger partial charge in [-0.3, -0.25) is 14.9 Å². The molecule has 1 unspecified atom stereocenters. The van der Waals surface area contributed by atoms with Crippen molar-refractivity contribution in [2.75, 3.05) is 11.4 Å². The molecular formula is C14H17IN2O4. The summed E-state index contributed by atoms with van der Waals surface area (Å²) in [5.41, 5.74) is 0.708. The summed E-state index contributed by atoms with van der Waals surface area (Å²) in [6, 6.07) is 5.26. The van der Waals surface area contributed by atoms with E-state index in [2.05, 4.69) is 22.6 Å². The predicted octanol–water partition coefficient (Wildman–Crippen LogP) is 3.42. The van der Waals surface area contributed by atoms with Crippen molar-refractivity contribution in [3.63, 3.8) is 0 Å². The zero-order valence-electron chi connectivity index (χ0n) is 11.5. The van der Waals surface area contributed by atoms with Gasteiger partial charge in [0.1, 0.15) is 5.69 Å². The summed E-state index contributed by atoms with van der Waals surface area (Å²) >= 11 is 2.06. The Hall–Kier alpha value is -1.38. The number of carboxylic acid groups (broad SMARTS) is 1. The van der Waals surface area contributed by atoms with Crippen LogP contribution in [0.15, 0.2) is 18.2 Å². The monoisotopic (exact) mass is 404 g/mol.